The highest BCUT2D eigenvalue weighted by Gasteiger charge is 2.59. The number of carbonyl (C=O) groups is 2. The lowest BCUT2D eigenvalue weighted by Gasteiger charge is -2.26. The highest BCUT2D eigenvalue weighted by Crippen LogP contribution is 2.59. The molecule has 3 fully saturated rings. The first-order valence-corrected chi connectivity index (χ1v) is 7.76. The van der Waals surface area contributed by atoms with E-state index >= 15 is 0 Å². The Morgan fingerprint density at radius 1 is 1.30 bits per heavy atom. The van der Waals surface area contributed by atoms with Crippen LogP contribution in [0.3, 0.4) is 0 Å². The summed E-state index contributed by atoms with van der Waals surface area (Å²) in [6.07, 6.45) is 4.40. The van der Waals surface area contributed by atoms with Crippen LogP contribution in [0.4, 0.5) is 0 Å². The first-order chi connectivity index (χ1) is 9.53. The van der Waals surface area contributed by atoms with Crippen LogP contribution in [-0.4, -0.2) is 48.1 Å². The van der Waals surface area contributed by atoms with Crippen LogP contribution < -0.4 is 5.32 Å². The zero-order valence-electron chi connectivity index (χ0n) is 12.2. The zero-order chi connectivity index (χ0) is 14.4. The van der Waals surface area contributed by atoms with Gasteiger partial charge in [0.2, 0.25) is 5.91 Å². The quantitative estimate of drug-likeness (QED) is 0.812. The van der Waals surface area contributed by atoms with Gasteiger partial charge in [-0.1, -0.05) is 6.92 Å². The summed E-state index contributed by atoms with van der Waals surface area (Å²) in [6, 6.07) is 0. The van der Waals surface area contributed by atoms with Gasteiger partial charge in [-0.25, -0.2) is 0 Å². The minimum absolute atomic E-state index is 0.158. The van der Waals surface area contributed by atoms with Crippen molar-refractivity contribution in [3.63, 3.8) is 0 Å². The van der Waals surface area contributed by atoms with E-state index in [1.54, 1.807) is 0 Å². The van der Waals surface area contributed by atoms with E-state index in [1.165, 1.54) is 0 Å². The van der Waals surface area contributed by atoms with E-state index in [9.17, 15) is 14.7 Å². The molecule has 2 saturated heterocycles. The Kier molecular flexibility index (Phi) is 3.27. The molecule has 0 aromatic carbocycles. The van der Waals surface area contributed by atoms with E-state index in [0.717, 1.165) is 32.4 Å². The third-order valence-corrected chi connectivity index (χ3v) is 5.88. The van der Waals surface area contributed by atoms with Crippen molar-refractivity contribution in [2.24, 2.45) is 16.7 Å². The van der Waals surface area contributed by atoms with Crippen molar-refractivity contribution in [2.45, 2.75) is 39.0 Å². The van der Waals surface area contributed by atoms with Crippen molar-refractivity contribution >= 4 is 11.9 Å². The number of carboxylic acid groups (broad SMARTS) is 1. The number of hydrogen-bond donors (Lipinski definition) is 2. The molecule has 2 heterocycles. The summed E-state index contributed by atoms with van der Waals surface area (Å²) in [4.78, 5) is 25.9. The second-order valence-electron chi connectivity index (χ2n) is 6.82. The summed E-state index contributed by atoms with van der Waals surface area (Å²) in [7, 11) is 0. The fourth-order valence-corrected chi connectivity index (χ4v) is 4.07. The molecule has 5 heteroatoms. The Balaban J connectivity index is 1.64. The molecule has 0 bridgehead atoms. The van der Waals surface area contributed by atoms with Crippen molar-refractivity contribution in [2.75, 3.05) is 26.2 Å². The number of hydrogen-bond acceptors (Lipinski definition) is 3. The van der Waals surface area contributed by atoms with E-state index in [0.29, 0.717) is 25.9 Å². The molecule has 3 rings (SSSR count). The predicted molar refractivity (Wildman–Crippen MR) is 74.2 cm³/mol. The third kappa shape index (κ3) is 2.03. The lowest BCUT2D eigenvalue weighted by Crippen LogP contribution is -2.38. The Labute approximate surface area is 119 Å². The van der Waals surface area contributed by atoms with Crippen LogP contribution in [0.1, 0.15) is 39.0 Å². The number of rotatable bonds is 3. The monoisotopic (exact) mass is 280 g/mol. The van der Waals surface area contributed by atoms with Crippen molar-refractivity contribution in [1.29, 1.82) is 0 Å². The summed E-state index contributed by atoms with van der Waals surface area (Å²) >= 11 is 0. The molecular weight excluding hydrogens is 256 g/mol. The van der Waals surface area contributed by atoms with Gasteiger partial charge in [0, 0.05) is 19.0 Å². The van der Waals surface area contributed by atoms with E-state index in [1.807, 2.05) is 11.8 Å². The van der Waals surface area contributed by atoms with Crippen molar-refractivity contribution in [3.8, 4) is 0 Å². The van der Waals surface area contributed by atoms with Crippen LogP contribution in [0.25, 0.3) is 0 Å². The summed E-state index contributed by atoms with van der Waals surface area (Å²) in [5.41, 5.74) is -0.463. The van der Waals surface area contributed by atoms with Crippen LogP contribution in [0.2, 0.25) is 0 Å². The van der Waals surface area contributed by atoms with Crippen molar-refractivity contribution in [1.82, 2.24) is 10.2 Å². The second-order valence-corrected chi connectivity index (χ2v) is 6.82. The van der Waals surface area contributed by atoms with E-state index in [-0.39, 0.29) is 17.2 Å². The van der Waals surface area contributed by atoms with Crippen LogP contribution in [0.5, 0.6) is 0 Å². The van der Waals surface area contributed by atoms with Gasteiger partial charge in [0.05, 0.1) is 5.41 Å². The standard InChI is InChI=1S/C15H24N2O3/c1-2-14(13(19)20)5-8-17(10-14)12(18)11-9-15(11)3-6-16-7-4-15/h11,16H,2-10H2,1H3,(H,19,20). The first kappa shape index (κ1) is 13.9. The highest BCUT2D eigenvalue weighted by atomic mass is 16.4. The summed E-state index contributed by atoms with van der Waals surface area (Å²) < 4.78 is 0. The average Bonchev–Trinajstić information content (AvgIpc) is 2.96. The summed E-state index contributed by atoms with van der Waals surface area (Å²) in [5, 5.41) is 12.8. The maximum absolute atomic E-state index is 12.6. The van der Waals surface area contributed by atoms with E-state index in [2.05, 4.69) is 5.32 Å². The van der Waals surface area contributed by atoms with Gasteiger partial charge in [-0.05, 0) is 50.6 Å². The lowest BCUT2D eigenvalue weighted by atomic mass is 9.84. The second kappa shape index (κ2) is 4.72. The zero-order valence-corrected chi connectivity index (χ0v) is 12.2. The Morgan fingerprint density at radius 3 is 2.55 bits per heavy atom. The fraction of sp³-hybridized carbons (Fsp3) is 0.867. The maximum atomic E-state index is 12.6. The summed E-state index contributed by atoms with van der Waals surface area (Å²) in [5.74, 6) is -0.378. The van der Waals surface area contributed by atoms with Gasteiger partial charge in [-0.3, -0.25) is 9.59 Å². The first-order valence-electron chi connectivity index (χ1n) is 7.76. The number of nitrogens with zero attached hydrogens (tertiary/aromatic N) is 1. The Morgan fingerprint density at radius 2 is 2.00 bits per heavy atom. The summed E-state index contributed by atoms with van der Waals surface area (Å²) in [6.45, 7) is 4.95. The van der Waals surface area contributed by atoms with Crippen LogP contribution in [0.15, 0.2) is 0 Å². The molecule has 0 aromatic rings. The minimum atomic E-state index is -0.748. The van der Waals surface area contributed by atoms with Crippen LogP contribution in [0, 0.1) is 16.7 Å². The number of nitrogens with one attached hydrogen (secondary N) is 1. The molecule has 2 aliphatic heterocycles. The molecule has 2 atom stereocenters. The van der Waals surface area contributed by atoms with Crippen LogP contribution >= 0.6 is 0 Å². The molecule has 112 valence electrons. The SMILES string of the molecule is CCC1(C(=O)O)CCN(C(=O)C2CC23CCNCC3)C1. The molecule has 2 N–H and O–H groups in total. The molecule has 3 aliphatic rings. The van der Waals surface area contributed by atoms with Gasteiger partial charge in [-0.15, -0.1) is 0 Å². The van der Waals surface area contributed by atoms with Gasteiger partial charge in [0.25, 0.3) is 0 Å². The molecule has 20 heavy (non-hydrogen) atoms. The van der Waals surface area contributed by atoms with Crippen LogP contribution in [-0.2, 0) is 9.59 Å². The largest absolute Gasteiger partial charge is 0.481 e. The van der Waals surface area contributed by atoms with E-state index < -0.39 is 11.4 Å². The number of carboxylic acids is 1. The average molecular weight is 280 g/mol. The molecule has 1 spiro atoms. The van der Waals surface area contributed by atoms with Gasteiger partial charge in [-0.2, -0.15) is 0 Å². The van der Waals surface area contributed by atoms with Crippen molar-refractivity contribution < 1.29 is 14.7 Å². The molecular formula is C15H24N2O3. The molecule has 0 aromatic heterocycles. The van der Waals surface area contributed by atoms with Gasteiger partial charge >= 0.3 is 5.97 Å². The number of likely N-dealkylation sites (tertiary alicyclic amines) is 1. The Bertz CT molecular complexity index is 431. The smallest absolute Gasteiger partial charge is 0.311 e. The normalized spacial score (nSPS) is 35.2. The third-order valence-electron chi connectivity index (χ3n) is 5.88. The molecule has 2 unspecified atom stereocenters. The topological polar surface area (TPSA) is 69.6 Å². The van der Waals surface area contributed by atoms with Gasteiger partial charge < -0.3 is 15.3 Å². The number of carbonyl (C=O) groups excluding carboxylic acids is 1. The van der Waals surface area contributed by atoms with E-state index in [4.69, 9.17) is 0 Å². The molecule has 1 saturated carbocycles. The molecule has 1 amide bonds. The lowest BCUT2D eigenvalue weighted by molar-refractivity contribution is -0.148. The van der Waals surface area contributed by atoms with Gasteiger partial charge in [0.1, 0.15) is 0 Å². The fourth-order valence-electron chi connectivity index (χ4n) is 4.07. The maximum Gasteiger partial charge on any atom is 0.311 e. The Hall–Kier alpha value is -1.10. The predicted octanol–water partition coefficient (Wildman–Crippen LogP) is 1.09. The number of aliphatic carboxylic acids is 1. The minimum Gasteiger partial charge on any atom is -0.481 e. The number of amides is 1. The molecule has 5 nitrogen and oxygen atoms in total. The molecule has 0 radical (unpaired) electrons. The molecule has 1 aliphatic carbocycles. The van der Waals surface area contributed by atoms with Crippen molar-refractivity contribution in [3.05, 3.63) is 0 Å². The number of piperidine rings is 1. The van der Waals surface area contributed by atoms with Gasteiger partial charge in [0.15, 0.2) is 0 Å². The highest BCUT2D eigenvalue weighted by molar-refractivity contribution is 5.85.